The van der Waals surface area contributed by atoms with Gasteiger partial charge in [-0.1, -0.05) is 26.0 Å². The Morgan fingerprint density at radius 1 is 1.17 bits per heavy atom. The molecule has 0 fully saturated rings. The summed E-state index contributed by atoms with van der Waals surface area (Å²) in [5, 5.41) is 15.9. The molecule has 4 rings (SSSR count). The number of amides is 1. The number of carbonyl (C=O) groups is 1. The molecule has 1 aromatic heterocycles. The molecule has 1 N–H and O–H groups in total. The Labute approximate surface area is 180 Å². The molecule has 2 aliphatic rings. The lowest BCUT2D eigenvalue weighted by Crippen LogP contribution is -2.35. The zero-order valence-corrected chi connectivity index (χ0v) is 18.9. The number of rotatable bonds is 3. The van der Waals surface area contributed by atoms with E-state index in [4.69, 9.17) is 5.41 Å². The summed E-state index contributed by atoms with van der Waals surface area (Å²) in [6.07, 6.45) is 1.77. The number of carbonyl (C=O) groups excluding carboxylic acids is 1. The third-order valence-electron chi connectivity index (χ3n) is 5.55. The molecule has 1 aromatic carbocycles. The van der Waals surface area contributed by atoms with Gasteiger partial charge in [0, 0.05) is 23.0 Å². The number of aromatic nitrogens is 1. The van der Waals surface area contributed by atoms with Crippen molar-refractivity contribution in [1.82, 2.24) is 9.58 Å². The van der Waals surface area contributed by atoms with Crippen LogP contribution in [0.4, 0.5) is 0 Å². The van der Waals surface area contributed by atoms with E-state index < -0.39 is 5.91 Å². The summed E-state index contributed by atoms with van der Waals surface area (Å²) in [5.74, 6) is -0.102. The molecule has 0 atom stereocenters. The van der Waals surface area contributed by atoms with Gasteiger partial charge in [0.25, 0.3) is 5.91 Å². The van der Waals surface area contributed by atoms with Crippen LogP contribution >= 0.6 is 11.8 Å². The van der Waals surface area contributed by atoms with Crippen molar-refractivity contribution >= 4 is 39.8 Å². The highest BCUT2D eigenvalue weighted by molar-refractivity contribution is 8.27. The standard InChI is InChI=1S/C23H25N5OS/c1-12(2)22-26-28-20(24)18(21(29)25-23(28)30-22)11-17-10-14(4)27(16(17)6)19-9-7-8-13(3)15(19)5/h7-12,24H,1-6H3. The van der Waals surface area contributed by atoms with Crippen molar-refractivity contribution < 1.29 is 4.79 Å². The SMILES string of the molecule is Cc1cccc(-n2c(C)cc(C=C3C(=N)N4N=C(C(C)C)SC4=NC3=O)c2C)c1C. The van der Waals surface area contributed by atoms with Gasteiger partial charge in [0.2, 0.25) is 5.17 Å². The fourth-order valence-corrected chi connectivity index (χ4v) is 4.57. The van der Waals surface area contributed by atoms with E-state index in [1.165, 1.54) is 27.9 Å². The van der Waals surface area contributed by atoms with Gasteiger partial charge in [-0.3, -0.25) is 10.2 Å². The van der Waals surface area contributed by atoms with E-state index in [0.717, 1.165) is 27.7 Å². The normalized spacial score (nSPS) is 17.7. The van der Waals surface area contributed by atoms with Crippen molar-refractivity contribution in [2.45, 2.75) is 41.5 Å². The summed E-state index contributed by atoms with van der Waals surface area (Å²) in [4.78, 5) is 16.9. The molecule has 7 heteroatoms. The Morgan fingerprint density at radius 3 is 2.60 bits per heavy atom. The van der Waals surface area contributed by atoms with Gasteiger partial charge in [0.05, 0.1) is 5.57 Å². The number of amidine groups is 2. The first kappa shape index (κ1) is 20.3. The van der Waals surface area contributed by atoms with E-state index in [1.807, 2.05) is 26.8 Å². The second kappa shape index (κ2) is 7.40. The van der Waals surface area contributed by atoms with Crippen LogP contribution in [0.25, 0.3) is 11.8 Å². The maximum Gasteiger partial charge on any atom is 0.283 e. The van der Waals surface area contributed by atoms with Gasteiger partial charge in [-0.25, -0.2) is 0 Å². The summed E-state index contributed by atoms with van der Waals surface area (Å²) in [6.45, 7) is 12.4. The van der Waals surface area contributed by atoms with Crippen molar-refractivity contribution in [2.24, 2.45) is 16.0 Å². The van der Waals surface area contributed by atoms with Gasteiger partial charge >= 0.3 is 0 Å². The Morgan fingerprint density at radius 2 is 1.90 bits per heavy atom. The minimum atomic E-state index is -0.393. The minimum Gasteiger partial charge on any atom is -0.318 e. The number of thioether (sulfide) groups is 1. The quantitative estimate of drug-likeness (QED) is 0.713. The molecule has 2 aliphatic heterocycles. The van der Waals surface area contributed by atoms with Crippen molar-refractivity contribution in [3.63, 3.8) is 0 Å². The first-order chi connectivity index (χ1) is 14.2. The molecule has 0 saturated heterocycles. The fourth-order valence-electron chi connectivity index (χ4n) is 3.68. The highest BCUT2D eigenvalue weighted by Crippen LogP contribution is 2.32. The molecular formula is C23H25N5OS. The molecule has 2 aromatic rings. The van der Waals surface area contributed by atoms with Crippen LogP contribution in [0.5, 0.6) is 0 Å². The maximum absolute atomic E-state index is 12.7. The van der Waals surface area contributed by atoms with Crippen molar-refractivity contribution in [3.8, 4) is 5.69 Å². The van der Waals surface area contributed by atoms with Crippen LogP contribution < -0.4 is 0 Å². The number of nitrogens with zero attached hydrogens (tertiary/aromatic N) is 4. The number of aliphatic imine (C=N–C) groups is 1. The van der Waals surface area contributed by atoms with Crippen molar-refractivity contribution in [1.29, 1.82) is 5.41 Å². The Kier molecular flexibility index (Phi) is 5.02. The molecule has 0 aliphatic carbocycles. The van der Waals surface area contributed by atoms with Crippen LogP contribution in [-0.4, -0.2) is 31.5 Å². The Balaban J connectivity index is 1.77. The van der Waals surface area contributed by atoms with Gasteiger partial charge in [0.1, 0.15) is 5.04 Å². The lowest BCUT2D eigenvalue weighted by atomic mass is 10.1. The average molecular weight is 420 g/mol. The number of nitrogens with one attached hydrogen (secondary N) is 1. The largest absolute Gasteiger partial charge is 0.318 e. The van der Waals surface area contributed by atoms with Crippen LogP contribution in [-0.2, 0) is 4.79 Å². The van der Waals surface area contributed by atoms with Crippen LogP contribution in [0, 0.1) is 39.0 Å². The summed E-state index contributed by atoms with van der Waals surface area (Å²) >= 11 is 1.36. The van der Waals surface area contributed by atoms with E-state index in [9.17, 15) is 4.79 Å². The van der Waals surface area contributed by atoms with E-state index in [2.05, 4.69) is 53.6 Å². The summed E-state index contributed by atoms with van der Waals surface area (Å²) in [5.41, 5.74) is 6.84. The number of hydrogen-bond donors (Lipinski definition) is 1. The topological polar surface area (TPSA) is 73.8 Å². The van der Waals surface area contributed by atoms with Crippen LogP contribution in [0.1, 0.15) is 41.9 Å². The monoisotopic (exact) mass is 419 g/mol. The molecule has 30 heavy (non-hydrogen) atoms. The predicted molar refractivity (Wildman–Crippen MR) is 125 cm³/mol. The van der Waals surface area contributed by atoms with Crippen LogP contribution in [0.3, 0.4) is 0 Å². The molecule has 0 unspecified atom stereocenters. The lowest BCUT2D eigenvalue weighted by molar-refractivity contribution is -0.114. The maximum atomic E-state index is 12.7. The smallest absolute Gasteiger partial charge is 0.283 e. The third-order valence-corrected chi connectivity index (χ3v) is 6.76. The lowest BCUT2D eigenvalue weighted by Gasteiger charge is -2.20. The van der Waals surface area contributed by atoms with Crippen molar-refractivity contribution in [2.75, 3.05) is 0 Å². The van der Waals surface area contributed by atoms with E-state index in [-0.39, 0.29) is 17.3 Å². The van der Waals surface area contributed by atoms with E-state index >= 15 is 0 Å². The molecule has 0 bridgehead atoms. The van der Waals surface area contributed by atoms with Crippen LogP contribution in [0.2, 0.25) is 0 Å². The van der Waals surface area contributed by atoms with Gasteiger partial charge in [-0.2, -0.15) is 15.1 Å². The van der Waals surface area contributed by atoms with Gasteiger partial charge < -0.3 is 4.57 Å². The van der Waals surface area contributed by atoms with Gasteiger partial charge in [0.15, 0.2) is 5.84 Å². The first-order valence-electron chi connectivity index (χ1n) is 9.94. The fraction of sp³-hybridized carbons (Fsp3) is 0.304. The van der Waals surface area contributed by atoms with E-state index in [1.54, 1.807) is 6.08 Å². The highest BCUT2D eigenvalue weighted by atomic mass is 32.2. The summed E-state index contributed by atoms with van der Waals surface area (Å²) < 4.78 is 2.20. The Bertz CT molecular complexity index is 1180. The second-order valence-corrected chi connectivity index (χ2v) is 8.98. The first-order valence-corrected chi connectivity index (χ1v) is 10.8. The summed E-state index contributed by atoms with van der Waals surface area (Å²) in [7, 11) is 0. The second-order valence-electron chi connectivity index (χ2n) is 7.99. The minimum absolute atomic E-state index is 0.0738. The third kappa shape index (κ3) is 3.23. The highest BCUT2D eigenvalue weighted by Gasteiger charge is 2.36. The Hall–Kier alpha value is -2.93. The average Bonchev–Trinajstić information content (AvgIpc) is 3.23. The molecule has 0 spiro atoms. The molecule has 6 nitrogen and oxygen atoms in total. The number of fused-ring (bicyclic) bond motifs is 1. The number of hydrogen-bond acceptors (Lipinski definition) is 4. The predicted octanol–water partition coefficient (Wildman–Crippen LogP) is 4.99. The van der Waals surface area contributed by atoms with Crippen molar-refractivity contribution in [3.05, 3.63) is 57.9 Å². The summed E-state index contributed by atoms with van der Waals surface area (Å²) in [6, 6.07) is 8.31. The molecule has 3 heterocycles. The van der Waals surface area contributed by atoms with E-state index in [0.29, 0.717) is 5.17 Å². The van der Waals surface area contributed by atoms with Crippen LogP contribution in [0.15, 0.2) is 39.9 Å². The molecule has 1 amide bonds. The molecule has 154 valence electrons. The zero-order valence-electron chi connectivity index (χ0n) is 18.1. The molecular weight excluding hydrogens is 394 g/mol. The van der Waals surface area contributed by atoms with Gasteiger partial charge in [-0.05, 0) is 74.4 Å². The van der Waals surface area contributed by atoms with Gasteiger partial charge in [-0.15, -0.1) is 0 Å². The zero-order chi connectivity index (χ0) is 21.7. The number of aryl methyl sites for hydroxylation is 2. The number of hydrazone groups is 1. The molecule has 0 radical (unpaired) electrons. The number of benzene rings is 1. The molecule has 0 saturated carbocycles.